The average Bonchev–Trinajstić information content (AvgIpc) is 2.49. The van der Waals surface area contributed by atoms with E-state index in [9.17, 15) is 0 Å². The van der Waals surface area contributed by atoms with Gasteiger partial charge in [-0.05, 0) is 55.3 Å². The zero-order valence-electron chi connectivity index (χ0n) is 12.0. The molecule has 0 aromatic heterocycles. The van der Waals surface area contributed by atoms with Gasteiger partial charge in [0.25, 0.3) is 0 Å². The van der Waals surface area contributed by atoms with Gasteiger partial charge in [-0.3, -0.25) is 0 Å². The Morgan fingerprint density at radius 3 is 1.85 bits per heavy atom. The summed E-state index contributed by atoms with van der Waals surface area (Å²) in [6.45, 7) is 4.71. The van der Waals surface area contributed by atoms with Crippen LogP contribution in [0, 0.1) is 0 Å². The second-order valence-electron chi connectivity index (χ2n) is 4.59. The molecule has 2 N–H and O–H groups in total. The van der Waals surface area contributed by atoms with Gasteiger partial charge in [-0.2, -0.15) is 0 Å². The highest BCUT2D eigenvalue weighted by Gasteiger charge is 2.03. The van der Waals surface area contributed by atoms with Crippen molar-refractivity contribution in [3.63, 3.8) is 0 Å². The van der Waals surface area contributed by atoms with Gasteiger partial charge in [0.2, 0.25) is 0 Å². The first kappa shape index (κ1) is 14.4. The molecule has 0 saturated carbocycles. The molecular weight excluding hydrogens is 250 g/mol. The Labute approximate surface area is 120 Å². The Morgan fingerprint density at radius 1 is 0.850 bits per heavy atom. The van der Waals surface area contributed by atoms with E-state index in [0.717, 1.165) is 29.2 Å². The van der Waals surface area contributed by atoms with Crippen LogP contribution >= 0.6 is 0 Å². The smallest absolute Gasteiger partial charge is 0.127 e. The summed E-state index contributed by atoms with van der Waals surface area (Å²) < 4.78 is 11.2. The molecule has 3 nitrogen and oxygen atoms in total. The Hall–Kier alpha value is -2.00. The normalized spacial score (nSPS) is 11.9. The Bertz CT molecular complexity index is 520. The lowest BCUT2D eigenvalue weighted by atomic mass is 10.1. The molecule has 0 aliphatic heterocycles. The van der Waals surface area contributed by atoms with Gasteiger partial charge in [-0.1, -0.05) is 19.1 Å². The second kappa shape index (κ2) is 6.96. The number of hydrogen-bond donors (Lipinski definition) is 1. The minimum Gasteiger partial charge on any atom is -0.494 e. The molecule has 0 bridgehead atoms. The summed E-state index contributed by atoms with van der Waals surface area (Å²) in [5.41, 5.74) is 7.12. The summed E-state index contributed by atoms with van der Waals surface area (Å²) in [6, 6.07) is 15.6. The third kappa shape index (κ3) is 3.75. The van der Waals surface area contributed by atoms with Gasteiger partial charge in [0.1, 0.15) is 17.2 Å². The van der Waals surface area contributed by atoms with Crippen LogP contribution in [0.15, 0.2) is 48.5 Å². The van der Waals surface area contributed by atoms with Gasteiger partial charge >= 0.3 is 0 Å². The Balaban J connectivity index is 2.02. The monoisotopic (exact) mass is 271 g/mol. The van der Waals surface area contributed by atoms with Crippen molar-refractivity contribution in [2.45, 2.75) is 26.3 Å². The van der Waals surface area contributed by atoms with Crippen molar-refractivity contribution in [2.24, 2.45) is 5.73 Å². The highest BCUT2D eigenvalue weighted by atomic mass is 16.5. The van der Waals surface area contributed by atoms with Crippen LogP contribution < -0.4 is 15.2 Å². The highest BCUT2D eigenvalue weighted by Crippen LogP contribution is 2.25. The largest absolute Gasteiger partial charge is 0.494 e. The standard InChI is InChI=1S/C17H21NO2/c1-3-17(18)13-5-7-15(8-6-13)20-16-11-9-14(10-12-16)19-4-2/h5-12,17H,3-4,18H2,1-2H3/t17-/m1/s1. The van der Waals surface area contributed by atoms with Gasteiger partial charge in [0.15, 0.2) is 0 Å². The molecule has 2 aromatic rings. The predicted octanol–water partition coefficient (Wildman–Crippen LogP) is 4.29. The van der Waals surface area contributed by atoms with E-state index < -0.39 is 0 Å². The Morgan fingerprint density at radius 2 is 1.35 bits per heavy atom. The van der Waals surface area contributed by atoms with E-state index in [4.69, 9.17) is 15.2 Å². The van der Waals surface area contributed by atoms with Crippen LogP contribution in [0.5, 0.6) is 17.2 Å². The SMILES string of the molecule is CCOc1ccc(Oc2ccc([C@H](N)CC)cc2)cc1. The van der Waals surface area contributed by atoms with Crippen molar-refractivity contribution >= 4 is 0 Å². The molecule has 0 spiro atoms. The molecule has 0 amide bonds. The van der Waals surface area contributed by atoms with E-state index in [1.165, 1.54) is 0 Å². The van der Waals surface area contributed by atoms with E-state index in [2.05, 4.69) is 6.92 Å². The molecule has 0 saturated heterocycles. The van der Waals surface area contributed by atoms with Crippen molar-refractivity contribution in [3.05, 3.63) is 54.1 Å². The van der Waals surface area contributed by atoms with Crippen LogP contribution in [0.1, 0.15) is 31.9 Å². The zero-order valence-corrected chi connectivity index (χ0v) is 12.0. The lowest BCUT2D eigenvalue weighted by Gasteiger charge is -2.11. The molecule has 20 heavy (non-hydrogen) atoms. The molecule has 0 aliphatic rings. The molecule has 1 atom stereocenters. The molecular formula is C17H21NO2. The van der Waals surface area contributed by atoms with E-state index in [0.29, 0.717) is 6.61 Å². The second-order valence-corrected chi connectivity index (χ2v) is 4.59. The van der Waals surface area contributed by atoms with Crippen LogP contribution in [0.25, 0.3) is 0 Å². The van der Waals surface area contributed by atoms with Crippen LogP contribution in [0.2, 0.25) is 0 Å². The number of ether oxygens (including phenoxy) is 2. The van der Waals surface area contributed by atoms with E-state index in [1.54, 1.807) is 0 Å². The molecule has 106 valence electrons. The maximum Gasteiger partial charge on any atom is 0.127 e. The van der Waals surface area contributed by atoms with E-state index >= 15 is 0 Å². The molecule has 0 aliphatic carbocycles. The van der Waals surface area contributed by atoms with Gasteiger partial charge < -0.3 is 15.2 Å². The fourth-order valence-electron chi connectivity index (χ4n) is 1.93. The molecule has 2 aromatic carbocycles. The van der Waals surface area contributed by atoms with Crippen molar-refractivity contribution in [1.82, 2.24) is 0 Å². The van der Waals surface area contributed by atoms with Crippen molar-refractivity contribution in [1.29, 1.82) is 0 Å². The molecule has 0 heterocycles. The molecule has 0 unspecified atom stereocenters. The predicted molar refractivity (Wildman–Crippen MR) is 81.3 cm³/mol. The number of hydrogen-bond acceptors (Lipinski definition) is 3. The summed E-state index contributed by atoms with van der Waals surface area (Å²) in [7, 11) is 0. The maximum atomic E-state index is 5.99. The van der Waals surface area contributed by atoms with E-state index in [1.807, 2.05) is 55.5 Å². The van der Waals surface area contributed by atoms with Crippen LogP contribution in [0.3, 0.4) is 0 Å². The fourth-order valence-corrected chi connectivity index (χ4v) is 1.93. The first-order chi connectivity index (χ1) is 9.72. The van der Waals surface area contributed by atoms with Crippen LogP contribution in [0.4, 0.5) is 0 Å². The molecule has 0 fully saturated rings. The number of nitrogens with two attached hydrogens (primary N) is 1. The Kier molecular flexibility index (Phi) is 5.02. The van der Waals surface area contributed by atoms with Crippen molar-refractivity contribution in [3.8, 4) is 17.2 Å². The minimum absolute atomic E-state index is 0.0922. The molecule has 2 rings (SSSR count). The summed E-state index contributed by atoms with van der Waals surface area (Å²) in [5, 5.41) is 0. The first-order valence-corrected chi connectivity index (χ1v) is 6.99. The third-order valence-corrected chi connectivity index (χ3v) is 3.12. The quantitative estimate of drug-likeness (QED) is 0.852. The molecule has 0 radical (unpaired) electrons. The average molecular weight is 271 g/mol. The number of benzene rings is 2. The maximum absolute atomic E-state index is 5.99. The van der Waals surface area contributed by atoms with Crippen molar-refractivity contribution < 1.29 is 9.47 Å². The lowest BCUT2D eigenvalue weighted by molar-refractivity contribution is 0.339. The summed E-state index contributed by atoms with van der Waals surface area (Å²) in [6.07, 6.45) is 0.930. The summed E-state index contributed by atoms with van der Waals surface area (Å²) >= 11 is 0. The summed E-state index contributed by atoms with van der Waals surface area (Å²) in [5.74, 6) is 2.45. The zero-order chi connectivity index (χ0) is 14.4. The van der Waals surface area contributed by atoms with Crippen molar-refractivity contribution in [2.75, 3.05) is 6.61 Å². The van der Waals surface area contributed by atoms with Gasteiger partial charge in [0, 0.05) is 6.04 Å². The number of rotatable bonds is 6. The van der Waals surface area contributed by atoms with Gasteiger partial charge in [-0.25, -0.2) is 0 Å². The third-order valence-electron chi connectivity index (χ3n) is 3.12. The fraction of sp³-hybridized carbons (Fsp3) is 0.294. The van der Waals surface area contributed by atoms with Gasteiger partial charge in [-0.15, -0.1) is 0 Å². The van der Waals surface area contributed by atoms with E-state index in [-0.39, 0.29) is 6.04 Å². The lowest BCUT2D eigenvalue weighted by Crippen LogP contribution is -2.07. The molecule has 3 heteroatoms. The van der Waals surface area contributed by atoms with Crippen LogP contribution in [-0.2, 0) is 0 Å². The summed E-state index contributed by atoms with van der Waals surface area (Å²) in [4.78, 5) is 0. The minimum atomic E-state index is 0.0922. The topological polar surface area (TPSA) is 44.5 Å². The first-order valence-electron chi connectivity index (χ1n) is 6.99. The van der Waals surface area contributed by atoms with Crippen LogP contribution in [-0.4, -0.2) is 6.61 Å². The van der Waals surface area contributed by atoms with Gasteiger partial charge in [0.05, 0.1) is 6.61 Å². The highest BCUT2D eigenvalue weighted by molar-refractivity contribution is 5.36.